The highest BCUT2D eigenvalue weighted by Gasteiger charge is 2.30. The maximum absolute atomic E-state index is 13.0. The summed E-state index contributed by atoms with van der Waals surface area (Å²) < 4.78 is 0. The summed E-state index contributed by atoms with van der Waals surface area (Å²) in [4.78, 5) is 44.3. The quantitative estimate of drug-likeness (QED) is 0.129. The second-order valence-electron chi connectivity index (χ2n) is 8.25. The number of carbonyl (C=O) groups excluding carboxylic acids is 2. The van der Waals surface area contributed by atoms with E-state index in [-0.39, 0.29) is 18.3 Å². The van der Waals surface area contributed by atoms with Crippen LogP contribution in [0.1, 0.15) is 32.3 Å². The van der Waals surface area contributed by atoms with Crippen molar-refractivity contribution in [2.75, 3.05) is 6.54 Å². The fourth-order valence-electron chi connectivity index (χ4n) is 3.43. The lowest BCUT2D eigenvalue weighted by Gasteiger charge is -2.24. The number of aliphatic carboxylic acids is 1. The highest BCUT2D eigenvalue weighted by Crippen LogP contribution is 2.19. The Morgan fingerprint density at radius 1 is 1.12 bits per heavy atom. The van der Waals surface area contributed by atoms with E-state index in [4.69, 9.17) is 17.2 Å². The first kappa shape index (κ1) is 25.7. The second-order valence-corrected chi connectivity index (χ2v) is 8.25. The number of guanidine groups is 1. The monoisotopic (exact) mass is 459 g/mol. The average Bonchev–Trinajstić information content (AvgIpc) is 3.16. The molecular weight excluding hydrogens is 426 g/mol. The number of nitrogens with one attached hydrogen (secondary N) is 3. The number of hydrogen-bond acceptors (Lipinski definition) is 5. The maximum atomic E-state index is 13.0. The zero-order chi connectivity index (χ0) is 24.5. The lowest BCUT2D eigenvalue weighted by molar-refractivity contribution is -0.143. The molecule has 1 aromatic carbocycles. The molecule has 10 N–H and O–H groups in total. The van der Waals surface area contributed by atoms with Gasteiger partial charge in [0.05, 0.1) is 6.04 Å². The van der Waals surface area contributed by atoms with Crippen molar-refractivity contribution < 1.29 is 19.5 Å². The molecule has 0 aliphatic carbocycles. The van der Waals surface area contributed by atoms with Crippen molar-refractivity contribution in [3.05, 3.63) is 36.0 Å². The Balaban J connectivity index is 2.17. The van der Waals surface area contributed by atoms with Gasteiger partial charge in [-0.05, 0) is 30.4 Å². The van der Waals surface area contributed by atoms with Crippen molar-refractivity contribution >= 4 is 34.6 Å². The zero-order valence-corrected chi connectivity index (χ0v) is 18.9. The number of nitrogens with zero attached hydrogens (tertiary/aromatic N) is 1. The largest absolute Gasteiger partial charge is 0.480 e. The molecule has 11 nitrogen and oxygen atoms in total. The Morgan fingerprint density at radius 3 is 2.45 bits per heavy atom. The number of carboxylic acids is 1. The number of carboxylic acid groups (broad SMARTS) is 1. The van der Waals surface area contributed by atoms with Crippen LogP contribution in [-0.2, 0) is 20.8 Å². The summed E-state index contributed by atoms with van der Waals surface area (Å²) in [6, 6.07) is 4.58. The molecule has 180 valence electrons. The molecule has 11 heteroatoms. The molecule has 2 aromatic rings. The van der Waals surface area contributed by atoms with E-state index in [0.717, 1.165) is 16.5 Å². The van der Waals surface area contributed by atoms with Gasteiger partial charge in [0.15, 0.2) is 5.96 Å². The fourth-order valence-corrected chi connectivity index (χ4v) is 3.43. The Bertz CT molecular complexity index is 998. The van der Waals surface area contributed by atoms with Crippen LogP contribution in [0.4, 0.5) is 0 Å². The molecule has 33 heavy (non-hydrogen) atoms. The van der Waals surface area contributed by atoms with Gasteiger partial charge in [0.1, 0.15) is 12.1 Å². The maximum Gasteiger partial charge on any atom is 0.326 e. The molecule has 0 bridgehead atoms. The minimum atomic E-state index is -1.15. The first-order valence-electron chi connectivity index (χ1n) is 10.8. The average molecular weight is 460 g/mol. The SMILES string of the molecule is CC(C)[C@H](NC(=O)[C@H](Cc1c[nH]c2ccccc12)NC(=O)[C@@H](N)CCCN=C(N)N)C(=O)O. The van der Waals surface area contributed by atoms with E-state index in [2.05, 4.69) is 20.6 Å². The minimum Gasteiger partial charge on any atom is -0.480 e. The number of para-hydroxylation sites is 1. The number of aromatic amines is 1. The van der Waals surface area contributed by atoms with E-state index < -0.39 is 35.9 Å². The number of benzene rings is 1. The standard InChI is InChI=1S/C22H33N7O4/c1-12(2)18(21(32)33)29-20(31)17(10-13-11-27-16-8-4-3-6-14(13)16)28-19(30)15(23)7-5-9-26-22(24)25/h3-4,6,8,11-12,15,17-18,27H,5,7,9-10,23H2,1-2H3,(H,28,30)(H,29,31)(H,32,33)(H4,24,25,26)/t15-,17-,18-/m0/s1. The fraction of sp³-hybridized carbons (Fsp3) is 0.455. The van der Waals surface area contributed by atoms with Gasteiger partial charge in [0, 0.05) is 30.1 Å². The highest BCUT2D eigenvalue weighted by molar-refractivity contribution is 5.93. The van der Waals surface area contributed by atoms with Gasteiger partial charge in [-0.2, -0.15) is 0 Å². The van der Waals surface area contributed by atoms with E-state index in [9.17, 15) is 19.5 Å². The Labute approximate surface area is 192 Å². The second kappa shape index (κ2) is 11.9. The number of carbonyl (C=O) groups is 3. The molecule has 0 radical (unpaired) electrons. The molecule has 0 spiro atoms. The van der Waals surface area contributed by atoms with Gasteiger partial charge >= 0.3 is 5.97 Å². The van der Waals surface area contributed by atoms with Gasteiger partial charge in [-0.25, -0.2) is 4.79 Å². The van der Waals surface area contributed by atoms with Crippen LogP contribution in [-0.4, -0.2) is 58.5 Å². The number of rotatable bonds is 12. The number of H-pyrrole nitrogens is 1. The van der Waals surface area contributed by atoms with Crippen LogP contribution in [0.3, 0.4) is 0 Å². The Hall–Kier alpha value is -3.60. The molecular formula is C22H33N7O4. The number of aromatic nitrogens is 1. The van der Waals surface area contributed by atoms with Crippen molar-refractivity contribution in [2.45, 2.75) is 51.2 Å². The van der Waals surface area contributed by atoms with Crippen molar-refractivity contribution in [3.63, 3.8) is 0 Å². The van der Waals surface area contributed by atoms with Crippen LogP contribution in [0.15, 0.2) is 35.5 Å². The Kier molecular flexibility index (Phi) is 9.22. The van der Waals surface area contributed by atoms with Crippen LogP contribution >= 0.6 is 0 Å². The zero-order valence-electron chi connectivity index (χ0n) is 18.9. The van der Waals surface area contributed by atoms with Gasteiger partial charge in [0.2, 0.25) is 11.8 Å². The van der Waals surface area contributed by atoms with Crippen LogP contribution in [0.2, 0.25) is 0 Å². The van der Waals surface area contributed by atoms with Gasteiger partial charge in [0.25, 0.3) is 0 Å². The molecule has 3 atom stereocenters. The van der Waals surface area contributed by atoms with Gasteiger partial charge in [-0.3, -0.25) is 14.6 Å². The van der Waals surface area contributed by atoms with Crippen molar-refractivity contribution in [1.82, 2.24) is 15.6 Å². The van der Waals surface area contributed by atoms with E-state index in [0.29, 0.717) is 19.4 Å². The molecule has 0 saturated heterocycles. The third-order valence-electron chi connectivity index (χ3n) is 5.27. The first-order chi connectivity index (χ1) is 15.6. The van der Waals surface area contributed by atoms with Gasteiger partial charge in [-0.15, -0.1) is 0 Å². The van der Waals surface area contributed by atoms with E-state index in [1.54, 1.807) is 20.0 Å². The van der Waals surface area contributed by atoms with Crippen LogP contribution in [0.25, 0.3) is 10.9 Å². The summed E-state index contributed by atoms with van der Waals surface area (Å²) in [7, 11) is 0. The van der Waals surface area contributed by atoms with E-state index in [1.807, 2.05) is 24.3 Å². The van der Waals surface area contributed by atoms with Crippen LogP contribution in [0, 0.1) is 5.92 Å². The summed E-state index contributed by atoms with van der Waals surface area (Å²) in [5.74, 6) is -2.64. The van der Waals surface area contributed by atoms with E-state index in [1.165, 1.54) is 0 Å². The molecule has 1 heterocycles. The molecule has 0 unspecified atom stereocenters. The number of aliphatic imine (C=N–C) groups is 1. The van der Waals surface area contributed by atoms with Crippen LogP contribution in [0.5, 0.6) is 0 Å². The number of hydrogen-bond donors (Lipinski definition) is 7. The minimum absolute atomic E-state index is 0.0402. The predicted molar refractivity (Wildman–Crippen MR) is 126 cm³/mol. The molecule has 0 aliphatic heterocycles. The predicted octanol–water partition coefficient (Wildman–Crippen LogP) is -0.198. The topological polar surface area (TPSA) is 202 Å². The number of fused-ring (bicyclic) bond motifs is 1. The van der Waals surface area contributed by atoms with Crippen molar-refractivity contribution in [3.8, 4) is 0 Å². The molecule has 0 aliphatic rings. The number of nitrogens with two attached hydrogens (primary N) is 3. The summed E-state index contributed by atoms with van der Waals surface area (Å²) in [6.07, 6.45) is 2.73. The molecule has 1 aromatic heterocycles. The summed E-state index contributed by atoms with van der Waals surface area (Å²) >= 11 is 0. The lowest BCUT2D eigenvalue weighted by Crippen LogP contribution is -2.56. The smallest absolute Gasteiger partial charge is 0.326 e. The molecule has 2 amide bonds. The lowest BCUT2D eigenvalue weighted by atomic mass is 10.0. The van der Waals surface area contributed by atoms with E-state index >= 15 is 0 Å². The number of amides is 2. The third-order valence-corrected chi connectivity index (χ3v) is 5.27. The molecule has 0 fully saturated rings. The van der Waals surface area contributed by atoms with Crippen molar-refractivity contribution in [1.29, 1.82) is 0 Å². The third kappa shape index (κ3) is 7.49. The summed E-state index contributed by atoms with van der Waals surface area (Å²) in [6.45, 7) is 3.72. The summed E-state index contributed by atoms with van der Waals surface area (Å²) in [5, 5.41) is 15.6. The van der Waals surface area contributed by atoms with Gasteiger partial charge in [-0.1, -0.05) is 32.0 Å². The Morgan fingerprint density at radius 2 is 1.82 bits per heavy atom. The highest BCUT2D eigenvalue weighted by atomic mass is 16.4. The first-order valence-corrected chi connectivity index (χ1v) is 10.8. The molecule has 2 rings (SSSR count). The summed E-state index contributed by atoms with van der Waals surface area (Å²) in [5.41, 5.74) is 18.3. The van der Waals surface area contributed by atoms with Crippen molar-refractivity contribution in [2.24, 2.45) is 28.1 Å². The van der Waals surface area contributed by atoms with Crippen LogP contribution < -0.4 is 27.8 Å². The molecule has 0 saturated carbocycles. The van der Waals surface area contributed by atoms with Gasteiger partial charge < -0.3 is 37.9 Å². The normalized spacial score (nSPS) is 13.8.